The van der Waals surface area contributed by atoms with Crippen molar-refractivity contribution < 1.29 is 23.8 Å². The summed E-state index contributed by atoms with van der Waals surface area (Å²) in [4.78, 5) is 30.9. The number of amides is 2. The fourth-order valence-electron chi connectivity index (χ4n) is 4.55. The van der Waals surface area contributed by atoms with Gasteiger partial charge in [-0.25, -0.2) is 9.78 Å². The van der Waals surface area contributed by atoms with Gasteiger partial charge in [0.25, 0.3) is 5.91 Å². The fourth-order valence-corrected chi connectivity index (χ4v) is 6.02. The Morgan fingerprint density at radius 3 is 2.76 bits per heavy atom. The second-order valence-corrected chi connectivity index (χ2v) is 17.8. The lowest BCUT2D eigenvalue weighted by molar-refractivity contribution is 0.0898. The number of carbonyl (C=O) groups is 2. The highest BCUT2D eigenvalue weighted by Gasteiger charge is 2.25. The van der Waals surface area contributed by atoms with E-state index in [2.05, 4.69) is 34.7 Å². The normalized spacial score (nSPS) is 14.6. The van der Waals surface area contributed by atoms with E-state index < -0.39 is 14.2 Å². The van der Waals surface area contributed by atoms with Gasteiger partial charge in [-0.15, -0.1) is 0 Å². The molecule has 1 aliphatic heterocycles. The summed E-state index contributed by atoms with van der Waals surface area (Å²) in [6.07, 6.45) is 3.81. The van der Waals surface area contributed by atoms with Crippen molar-refractivity contribution in [2.45, 2.75) is 56.4 Å². The summed E-state index contributed by atoms with van der Waals surface area (Å²) in [6.45, 7) is 8.79. The summed E-state index contributed by atoms with van der Waals surface area (Å²) >= 11 is 1.25. The summed E-state index contributed by atoms with van der Waals surface area (Å²) in [6, 6.07) is 19.5. The van der Waals surface area contributed by atoms with E-state index in [1.54, 1.807) is 18.3 Å². The number of nitrogens with one attached hydrogen (secondary N) is 2. The van der Waals surface area contributed by atoms with Crippen molar-refractivity contribution in [3.05, 3.63) is 89.7 Å². The molecule has 9 nitrogen and oxygen atoms in total. The second kappa shape index (κ2) is 13.4. The number of hydrogen-bond donors (Lipinski definition) is 2. The van der Waals surface area contributed by atoms with Gasteiger partial charge in [-0.1, -0.05) is 56.0 Å². The van der Waals surface area contributed by atoms with Gasteiger partial charge in [-0.05, 0) is 47.8 Å². The predicted octanol–water partition coefficient (Wildman–Crippen LogP) is 6.54. The molecule has 0 saturated carbocycles. The first kappa shape index (κ1) is 29.7. The number of nitrogens with zero attached hydrogens (tertiary/aromatic N) is 2. The van der Waals surface area contributed by atoms with Crippen molar-refractivity contribution in [3.8, 4) is 5.75 Å². The van der Waals surface area contributed by atoms with Crippen molar-refractivity contribution in [2.75, 3.05) is 13.2 Å². The molecular weight excluding hydrogens is 569 g/mol. The molecule has 11 heteroatoms. The van der Waals surface area contributed by atoms with Crippen LogP contribution in [0.1, 0.15) is 33.9 Å². The molecule has 0 radical (unpaired) electrons. The fraction of sp³-hybridized carbons (Fsp3) is 0.323. The Morgan fingerprint density at radius 2 is 1.95 bits per heavy atom. The van der Waals surface area contributed by atoms with Crippen LogP contribution in [-0.4, -0.2) is 42.8 Å². The first-order chi connectivity index (χ1) is 20.3. The summed E-state index contributed by atoms with van der Waals surface area (Å²) in [7, 11) is -1.15. The molecule has 5 rings (SSSR count). The maximum Gasteiger partial charge on any atom is 0.407 e. The van der Waals surface area contributed by atoms with Crippen molar-refractivity contribution >= 4 is 43.1 Å². The van der Waals surface area contributed by atoms with Crippen LogP contribution < -0.4 is 14.8 Å². The molecule has 2 N–H and O–H groups in total. The third-order valence-corrected chi connectivity index (χ3v) is 9.49. The number of hydrogen-bond acceptors (Lipinski definition) is 7. The third-order valence-electron chi connectivity index (χ3n) is 6.92. The zero-order chi connectivity index (χ0) is 29.5. The first-order valence-corrected chi connectivity index (χ1v) is 18.5. The Bertz CT molecular complexity index is 1540. The molecule has 42 heavy (non-hydrogen) atoms. The molecule has 2 aromatic heterocycles. The zero-order valence-corrected chi connectivity index (χ0v) is 25.9. The van der Waals surface area contributed by atoms with Crippen LogP contribution in [-0.2, 0) is 22.8 Å². The van der Waals surface area contributed by atoms with E-state index in [-0.39, 0.29) is 18.6 Å². The number of alkyl carbamates (subject to hydrolysis) is 1. The van der Waals surface area contributed by atoms with Crippen LogP contribution in [0.3, 0.4) is 0 Å². The summed E-state index contributed by atoms with van der Waals surface area (Å²) in [5.74, 6) is 0.326. The van der Waals surface area contributed by atoms with Gasteiger partial charge in [0, 0.05) is 54.9 Å². The SMILES string of the molecule is C[Si](C)(C)CCOCn1ccc2c(SNC(=O)c3ccc4c(c3)OCC[C@@H]4NC(=O)OCc3ccccc3)ccnc21. The lowest BCUT2D eigenvalue weighted by atomic mass is 9.99. The lowest BCUT2D eigenvalue weighted by Crippen LogP contribution is -2.32. The average Bonchev–Trinajstić information content (AvgIpc) is 3.40. The highest BCUT2D eigenvalue weighted by molar-refractivity contribution is 7.98. The molecule has 1 aliphatic rings. The standard InChI is InChI=1S/C31H36N4O5SSi/c1-42(2,3)18-17-38-21-35-15-12-25-28(11-14-32-29(25)35)41-34-30(36)23-9-10-24-26(13-16-39-27(24)19-23)33-31(37)40-20-22-7-5-4-6-8-22/h4-12,14-15,19,26H,13,16-18,20-21H2,1-3H3,(H,33,37)(H,34,36)/t26-/m0/s1. The molecule has 3 heterocycles. The van der Waals surface area contributed by atoms with Crippen LogP contribution in [0.4, 0.5) is 4.79 Å². The molecule has 0 spiro atoms. The highest BCUT2D eigenvalue weighted by Crippen LogP contribution is 2.33. The van der Waals surface area contributed by atoms with Gasteiger partial charge < -0.3 is 24.1 Å². The van der Waals surface area contributed by atoms with Crippen LogP contribution in [0, 0.1) is 0 Å². The maximum atomic E-state index is 13.1. The number of pyridine rings is 1. The lowest BCUT2D eigenvalue weighted by Gasteiger charge is -2.26. The van der Waals surface area contributed by atoms with Gasteiger partial charge in [0.2, 0.25) is 0 Å². The maximum absolute atomic E-state index is 13.1. The number of aromatic nitrogens is 2. The average molecular weight is 605 g/mol. The molecule has 0 saturated heterocycles. The van der Waals surface area contributed by atoms with Gasteiger partial charge in [-0.2, -0.15) is 0 Å². The quantitative estimate of drug-likeness (QED) is 0.114. The van der Waals surface area contributed by atoms with E-state index in [0.29, 0.717) is 31.1 Å². The highest BCUT2D eigenvalue weighted by atomic mass is 32.2. The minimum atomic E-state index is -1.15. The van der Waals surface area contributed by atoms with Crippen LogP contribution in [0.2, 0.25) is 25.7 Å². The van der Waals surface area contributed by atoms with E-state index in [1.807, 2.05) is 59.3 Å². The Balaban J connectivity index is 1.17. The summed E-state index contributed by atoms with van der Waals surface area (Å²) < 4.78 is 22.0. The number of rotatable bonds is 11. The minimum Gasteiger partial charge on any atom is -0.493 e. The van der Waals surface area contributed by atoms with Crippen LogP contribution in [0.5, 0.6) is 5.75 Å². The molecular formula is C31H36N4O5SSi. The van der Waals surface area contributed by atoms with Crippen LogP contribution >= 0.6 is 11.9 Å². The Kier molecular flexibility index (Phi) is 9.50. The Morgan fingerprint density at radius 1 is 1.12 bits per heavy atom. The molecule has 0 bridgehead atoms. The topological polar surface area (TPSA) is 104 Å². The van der Waals surface area contributed by atoms with Crippen molar-refractivity contribution in [1.82, 2.24) is 19.6 Å². The molecule has 2 amide bonds. The second-order valence-electron chi connectivity index (χ2n) is 11.4. The molecule has 1 atom stereocenters. The van der Waals surface area contributed by atoms with Gasteiger partial charge in [-0.3, -0.25) is 9.52 Å². The molecule has 4 aromatic rings. The molecule has 2 aromatic carbocycles. The number of benzene rings is 2. The van der Waals surface area contributed by atoms with Gasteiger partial charge in [0.15, 0.2) is 0 Å². The molecule has 0 aliphatic carbocycles. The first-order valence-electron chi connectivity index (χ1n) is 14.0. The Labute approximate surface area is 251 Å². The largest absolute Gasteiger partial charge is 0.493 e. The van der Waals surface area contributed by atoms with Crippen LogP contribution in [0.15, 0.2) is 78.0 Å². The monoisotopic (exact) mass is 604 g/mol. The third kappa shape index (κ3) is 7.72. The smallest absolute Gasteiger partial charge is 0.407 e. The van der Waals surface area contributed by atoms with E-state index in [9.17, 15) is 9.59 Å². The summed E-state index contributed by atoms with van der Waals surface area (Å²) in [5, 5.41) is 3.86. The molecule has 0 fully saturated rings. The van der Waals surface area contributed by atoms with E-state index >= 15 is 0 Å². The number of ether oxygens (including phenoxy) is 3. The molecule has 0 unspecified atom stereocenters. The number of carbonyl (C=O) groups excluding carboxylic acids is 2. The van der Waals surface area contributed by atoms with Gasteiger partial charge in [0.1, 0.15) is 24.7 Å². The van der Waals surface area contributed by atoms with E-state index in [1.165, 1.54) is 11.9 Å². The number of fused-ring (bicyclic) bond motifs is 2. The minimum absolute atomic E-state index is 0.195. The van der Waals surface area contributed by atoms with Crippen LogP contribution in [0.25, 0.3) is 11.0 Å². The van der Waals surface area contributed by atoms with Crippen molar-refractivity contribution in [2.24, 2.45) is 0 Å². The molecule has 220 valence electrons. The van der Waals surface area contributed by atoms with Crippen molar-refractivity contribution in [3.63, 3.8) is 0 Å². The van der Waals surface area contributed by atoms with E-state index in [4.69, 9.17) is 14.2 Å². The summed E-state index contributed by atoms with van der Waals surface area (Å²) in [5.41, 5.74) is 3.00. The van der Waals surface area contributed by atoms with Gasteiger partial charge >= 0.3 is 6.09 Å². The van der Waals surface area contributed by atoms with Crippen molar-refractivity contribution in [1.29, 1.82) is 0 Å². The Hall–Kier alpha value is -3.80. The van der Waals surface area contributed by atoms with Gasteiger partial charge in [0.05, 0.1) is 12.6 Å². The van der Waals surface area contributed by atoms with E-state index in [0.717, 1.165) is 39.7 Å². The zero-order valence-electron chi connectivity index (χ0n) is 24.1. The predicted molar refractivity (Wildman–Crippen MR) is 166 cm³/mol.